The Labute approximate surface area is 124 Å². The van der Waals surface area contributed by atoms with Gasteiger partial charge in [0, 0.05) is 4.47 Å². The van der Waals surface area contributed by atoms with Crippen LogP contribution in [0.15, 0.2) is 16.6 Å². The summed E-state index contributed by atoms with van der Waals surface area (Å²) in [6.45, 7) is 0. The monoisotopic (exact) mass is 399 g/mol. The van der Waals surface area contributed by atoms with E-state index < -0.39 is 10.7 Å². The van der Waals surface area contributed by atoms with Gasteiger partial charge in [0.25, 0.3) is 0 Å². The summed E-state index contributed by atoms with van der Waals surface area (Å²) in [7, 11) is 0. The third-order valence-electron chi connectivity index (χ3n) is 2.47. The number of rotatable bonds is 1. The first kappa shape index (κ1) is 13.3. The van der Waals surface area contributed by atoms with Crippen molar-refractivity contribution in [2.45, 2.75) is 10.7 Å². The number of amides is 2. The van der Waals surface area contributed by atoms with Crippen molar-refractivity contribution in [3.8, 4) is 0 Å². The number of carbonyl (C=O) groups is 2. The van der Waals surface area contributed by atoms with Gasteiger partial charge in [-0.2, -0.15) is 0 Å². The molecular formula is C10H5Br2Cl2NO2. The quantitative estimate of drug-likeness (QED) is 0.446. The van der Waals surface area contributed by atoms with Gasteiger partial charge in [-0.15, -0.1) is 0 Å². The standard InChI is InChI=1S/C10H5Br2Cl2NO2/c11-4-2-1-3(7(13)8(4)14)5-6(12)10(17)15-9(5)16/h1-2,5-6H,(H,15,16,17). The van der Waals surface area contributed by atoms with Crippen molar-refractivity contribution >= 4 is 66.9 Å². The van der Waals surface area contributed by atoms with Crippen molar-refractivity contribution in [1.29, 1.82) is 0 Å². The molecule has 1 aliphatic heterocycles. The number of alkyl halides is 1. The number of nitrogens with one attached hydrogen (secondary N) is 1. The summed E-state index contributed by atoms with van der Waals surface area (Å²) in [5.41, 5.74) is 0.532. The van der Waals surface area contributed by atoms with Crippen LogP contribution in [0.4, 0.5) is 0 Å². The number of imide groups is 1. The highest BCUT2D eigenvalue weighted by molar-refractivity contribution is 9.10. The van der Waals surface area contributed by atoms with Gasteiger partial charge in [0.05, 0.1) is 16.0 Å². The minimum absolute atomic E-state index is 0.278. The van der Waals surface area contributed by atoms with Crippen LogP contribution in [0.1, 0.15) is 11.5 Å². The Morgan fingerprint density at radius 2 is 1.76 bits per heavy atom. The molecule has 1 N–H and O–H groups in total. The van der Waals surface area contributed by atoms with Crippen molar-refractivity contribution in [2.75, 3.05) is 0 Å². The second kappa shape index (κ2) is 4.88. The lowest BCUT2D eigenvalue weighted by Gasteiger charge is -2.13. The van der Waals surface area contributed by atoms with Crippen LogP contribution < -0.4 is 5.32 Å². The summed E-state index contributed by atoms with van der Waals surface area (Å²) in [5.74, 6) is -1.40. The molecule has 2 rings (SSSR count). The number of carbonyl (C=O) groups excluding carboxylic acids is 2. The summed E-state index contributed by atoms with van der Waals surface area (Å²) in [5, 5.41) is 2.85. The van der Waals surface area contributed by atoms with E-state index in [2.05, 4.69) is 37.2 Å². The molecule has 2 amide bonds. The SMILES string of the molecule is O=C1NC(=O)C(c2ccc(Br)c(Cl)c2Cl)C1Br. The largest absolute Gasteiger partial charge is 0.295 e. The van der Waals surface area contributed by atoms with Gasteiger partial charge in [-0.1, -0.05) is 45.2 Å². The van der Waals surface area contributed by atoms with Crippen molar-refractivity contribution in [3.05, 3.63) is 32.2 Å². The van der Waals surface area contributed by atoms with E-state index in [-0.39, 0.29) is 16.8 Å². The predicted molar refractivity (Wildman–Crippen MR) is 72.8 cm³/mol. The molecule has 2 atom stereocenters. The van der Waals surface area contributed by atoms with Gasteiger partial charge >= 0.3 is 0 Å². The van der Waals surface area contributed by atoms with Crippen LogP contribution in [0, 0.1) is 0 Å². The molecule has 0 radical (unpaired) electrons. The van der Waals surface area contributed by atoms with Gasteiger partial charge in [0.1, 0.15) is 4.83 Å². The fourth-order valence-electron chi connectivity index (χ4n) is 1.63. The molecule has 1 heterocycles. The predicted octanol–water partition coefficient (Wildman–Crippen LogP) is 3.26. The molecule has 1 aromatic carbocycles. The molecule has 3 nitrogen and oxygen atoms in total. The van der Waals surface area contributed by atoms with Gasteiger partial charge in [-0.3, -0.25) is 14.9 Å². The summed E-state index contributed by atoms with van der Waals surface area (Å²) in [6, 6.07) is 3.37. The highest BCUT2D eigenvalue weighted by Gasteiger charge is 2.42. The summed E-state index contributed by atoms with van der Waals surface area (Å²) in [6.07, 6.45) is 0. The van der Waals surface area contributed by atoms with Crippen LogP contribution in [0.2, 0.25) is 10.0 Å². The second-order valence-corrected chi connectivity index (χ2v) is 6.09. The highest BCUT2D eigenvalue weighted by atomic mass is 79.9. The average Bonchev–Trinajstić information content (AvgIpc) is 2.52. The topological polar surface area (TPSA) is 46.2 Å². The van der Waals surface area contributed by atoms with Gasteiger partial charge < -0.3 is 0 Å². The van der Waals surface area contributed by atoms with E-state index in [1.54, 1.807) is 12.1 Å². The fraction of sp³-hybridized carbons (Fsp3) is 0.200. The van der Waals surface area contributed by atoms with E-state index in [0.29, 0.717) is 15.1 Å². The molecule has 0 spiro atoms. The Balaban J connectivity index is 2.51. The number of hydrogen-bond acceptors (Lipinski definition) is 2. The van der Waals surface area contributed by atoms with E-state index in [4.69, 9.17) is 23.2 Å². The highest BCUT2D eigenvalue weighted by Crippen LogP contribution is 2.40. The lowest BCUT2D eigenvalue weighted by atomic mass is 9.97. The molecule has 2 unspecified atom stereocenters. The maximum absolute atomic E-state index is 11.7. The zero-order chi connectivity index (χ0) is 12.7. The molecule has 0 aromatic heterocycles. The first-order valence-electron chi connectivity index (χ1n) is 4.55. The van der Waals surface area contributed by atoms with Crippen molar-refractivity contribution in [3.63, 3.8) is 0 Å². The van der Waals surface area contributed by atoms with E-state index in [1.807, 2.05) is 0 Å². The molecule has 7 heteroatoms. The minimum Gasteiger partial charge on any atom is -0.295 e. The van der Waals surface area contributed by atoms with Crippen LogP contribution >= 0.6 is 55.1 Å². The van der Waals surface area contributed by atoms with Gasteiger partial charge in [-0.05, 0) is 27.6 Å². The van der Waals surface area contributed by atoms with Crippen LogP contribution in [0.3, 0.4) is 0 Å². The zero-order valence-electron chi connectivity index (χ0n) is 8.14. The normalized spacial score (nSPS) is 24.0. The Morgan fingerprint density at radius 3 is 2.29 bits per heavy atom. The molecule has 0 aliphatic carbocycles. The molecule has 1 aromatic rings. The Kier molecular flexibility index (Phi) is 3.83. The smallest absolute Gasteiger partial charge is 0.241 e. The van der Waals surface area contributed by atoms with Crippen LogP contribution in [0.25, 0.3) is 0 Å². The Hall–Kier alpha value is -0.1000. The summed E-state index contributed by atoms with van der Waals surface area (Å²) in [4.78, 5) is 22.4. The second-order valence-electron chi connectivity index (χ2n) is 3.50. The molecular weight excluding hydrogens is 397 g/mol. The van der Waals surface area contributed by atoms with Crippen LogP contribution in [-0.2, 0) is 9.59 Å². The molecule has 1 aliphatic rings. The van der Waals surface area contributed by atoms with Gasteiger partial charge in [0.2, 0.25) is 11.8 Å². The van der Waals surface area contributed by atoms with Crippen LogP contribution in [-0.4, -0.2) is 16.6 Å². The number of hydrogen-bond donors (Lipinski definition) is 1. The van der Waals surface area contributed by atoms with Crippen LogP contribution in [0.5, 0.6) is 0 Å². The Morgan fingerprint density at radius 1 is 1.12 bits per heavy atom. The van der Waals surface area contributed by atoms with E-state index in [9.17, 15) is 9.59 Å². The maximum atomic E-state index is 11.7. The maximum Gasteiger partial charge on any atom is 0.241 e. The third kappa shape index (κ3) is 2.26. The average molecular weight is 402 g/mol. The van der Waals surface area contributed by atoms with Crippen molar-refractivity contribution in [1.82, 2.24) is 5.32 Å². The zero-order valence-corrected chi connectivity index (χ0v) is 12.8. The summed E-state index contributed by atoms with van der Waals surface area (Å²) < 4.78 is 0.642. The fourth-order valence-corrected chi connectivity index (χ4v) is 3.17. The van der Waals surface area contributed by atoms with E-state index >= 15 is 0 Å². The first-order chi connectivity index (χ1) is 7.93. The van der Waals surface area contributed by atoms with Crippen molar-refractivity contribution < 1.29 is 9.59 Å². The molecule has 1 saturated heterocycles. The number of benzene rings is 1. The number of halogens is 4. The molecule has 90 valence electrons. The lowest BCUT2D eigenvalue weighted by molar-refractivity contribution is -0.125. The summed E-state index contributed by atoms with van der Waals surface area (Å²) >= 11 is 18.5. The first-order valence-corrected chi connectivity index (χ1v) is 7.02. The molecule has 0 saturated carbocycles. The van der Waals surface area contributed by atoms with E-state index in [0.717, 1.165) is 0 Å². The van der Waals surface area contributed by atoms with Gasteiger partial charge in [-0.25, -0.2) is 0 Å². The minimum atomic E-state index is -0.652. The Bertz CT molecular complexity index is 521. The lowest BCUT2D eigenvalue weighted by Crippen LogP contribution is -2.22. The van der Waals surface area contributed by atoms with Gasteiger partial charge in [0.15, 0.2) is 0 Å². The molecule has 1 fully saturated rings. The molecule has 0 bridgehead atoms. The van der Waals surface area contributed by atoms with E-state index in [1.165, 1.54) is 0 Å². The van der Waals surface area contributed by atoms with Crippen molar-refractivity contribution in [2.24, 2.45) is 0 Å². The third-order valence-corrected chi connectivity index (χ3v) is 5.20. The molecule has 17 heavy (non-hydrogen) atoms.